The van der Waals surface area contributed by atoms with Crippen molar-refractivity contribution in [2.45, 2.75) is 71.4 Å². The molecule has 0 bridgehead atoms. The third-order valence-electron chi connectivity index (χ3n) is 4.10. The number of hydrogen-bond donors (Lipinski definition) is 0. The summed E-state index contributed by atoms with van der Waals surface area (Å²) >= 11 is 0. The summed E-state index contributed by atoms with van der Waals surface area (Å²) in [5, 5.41) is 0. The lowest BCUT2D eigenvalue weighted by Gasteiger charge is -2.35. The minimum absolute atomic E-state index is 0.359. The minimum Gasteiger partial charge on any atom is -0.106 e. The van der Waals surface area contributed by atoms with Crippen LogP contribution in [0.4, 0.5) is 0 Å². The molecule has 0 amide bonds. The number of unbranched alkanes of at least 4 members (excludes halogenated alkanes) is 3. The van der Waals surface area contributed by atoms with Crippen LogP contribution in [0.2, 0.25) is 0 Å². The first-order valence-corrected chi connectivity index (χ1v) is 8.82. The van der Waals surface area contributed by atoms with Crippen LogP contribution in [0.1, 0.15) is 65.7 Å². The molecule has 0 saturated carbocycles. The molecule has 0 spiro atoms. The maximum absolute atomic E-state index is 2.53. The lowest BCUT2D eigenvalue weighted by Crippen LogP contribution is -2.25. The van der Waals surface area contributed by atoms with Crippen molar-refractivity contribution in [1.29, 1.82) is 0 Å². The largest absolute Gasteiger partial charge is 0.106 e. The quantitative estimate of drug-likeness (QED) is 0.430. The molecule has 1 saturated heterocycles. The predicted octanol–water partition coefficient (Wildman–Crippen LogP) is 5.26. The molecule has 0 aromatic rings. The molecule has 1 fully saturated rings. The van der Waals surface area contributed by atoms with Gasteiger partial charge in [0.05, 0.1) is 0 Å². The van der Waals surface area contributed by atoms with E-state index < -0.39 is 0 Å². The molecule has 1 heteroatoms. The topological polar surface area (TPSA) is 0 Å². The van der Waals surface area contributed by atoms with Gasteiger partial charge >= 0.3 is 0 Å². The molecule has 1 aliphatic heterocycles. The van der Waals surface area contributed by atoms with Crippen LogP contribution in [0.5, 0.6) is 0 Å². The molecule has 1 rings (SSSR count). The molecule has 90 valence electrons. The summed E-state index contributed by atoms with van der Waals surface area (Å²) in [6.07, 6.45) is 11.7. The molecule has 15 heavy (non-hydrogen) atoms. The van der Waals surface area contributed by atoms with Crippen molar-refractivity contribution in [3.8, 4) is 0 Å². The van der Waals surface area contributed by atoms with Crippen LogP contribution in [0, 0.1) is 5.41 Å². The van der Waals surface area contributed by atoms with Crippen LogP contribution in [-0.4, -0.2) is 18.5 Å². The van der Waals surface area contributed by atoms with E-state index in [0.29, 0.717) is 13.3 Å². The van der Waals surface area contributed by atoms with Gasteiger partial charge in [0, 0.05) is 0 Å². The monoisotopic (exact) mass is 228 g/mol. The predicted molar refractivity (Wildman–Crippen MR) is 73.3 cm³/mol. The average Bonchev–Trinajstić information content (AvgIpc) is 2.60. The van der Waals surface area contributed by atoms with Crippen LogP contribution in [0.3, 0.4) is 0 Å². The van der Waals surface area contributed by atoms with E-state index in [2.05, 4.69) is 27.4 Å². The van der Waals surface area contributed by atoms with E-state index in [1.165, 1.54) is 44.9 Å². The van der Waals surface area contributed by atoms with Crippen molar-refractivity contribution >= 4 is 7.92 Å². The van der Waals surface area contributed by atoms with E-state index in [-0.39, 0.29) is 0 Å². The molecule has 0 aliphatic carbocycles. The highest BCUT2D eigenvalue weighted by Gasteiger charge is 2.35. The normalized spacial score (nSPS) is 27.2. The standard InChI is InChI=1S/C14H29P/c1-5-6-7-8-11-14(2,3)13-10-9-12-15(13)4/h13H,5-12H2,1-4H3. The van der Waals surface area contributed by atoms with E-state index >= 15 is 0 Å². The highest BCUT2D eigenvalue weighted by Crippen LogP contribution is 2.55. The first kappa shape index (κ1) is 13.5. The number of hydrogen-bond acceptors (Lipinski definition) is 0. The molecule has 0 nitrogen and oxygen atoms in total. The smallest absolute Gasteiger partial charge is 0.0160 e. The van der Waals surface area contributed by atoms with Crippen molar-refractivity contribution in [1.82, 2.24) is 0 Å². The third kappa shape index (κ3) is 4.06. The van der Waals surface area contributed by atoms with Crippen LogP contribution in [0.25, 0.3) is 0 Å². The molecule has 1 heterocycles. The van der Waals surface area contributed by atoms with Crippen molar-refractivity contribution in [2.75, 3.05) is 12.8 Å². The molecule has 0 radical (unpaired) electrons. The van der Waals surface area contributed by atoms with Crippen molar-refractivity contribution in [2.24, 2.45) is 5.41 Å². The maximum atomic E-state index is 2.53. The summed E-state index contributed by atoms with van der Waals surface area (Å²) in [7, 11) is 0.359. The van der Waals surface area contributed by atoms with Gasteiger partial charge in [0.1, 0.15) is 0 Å². The molecule has 0 N–H and O–H groups in total. The zero-order valence-corrected chi connectivity index (χ0v) is 12.1. The van der Waals surface area contributed by atoms with Crippen molar-refractivity contribution < 1.29 is 0 Å². The van der Waals surface area contributed by atoms with Gasteiger partial charge in [-0.25, -0.2) is 0 Å². The first-order valence-electron chi connectivity index (χ1n) is 6.78. The molecule has 1 aliphatic rings. The summed E-state index contributed by atoms with van der Waals surface area (Å²) in [5.74, 6) is 0. The van der Waals surface area contributed by atoms with Crippen LogP contribution in [-0.2, 0) is 0 Å². The van der Waals surface area contributed by atoms with Gasteiger partial charge in [-0.15, -0.1) is 7.92 Å². The Bertz CT molecular complexity index is 174. The van der Waals surface area contributed by atoms with Gasteiger partial charge in [-0.05, 0) is 43.2 Å². The Hall–Kier alpha value is 0.430. The molecular formula is C14H29P. The summed E-state index contributed by atoms with van der Waals surface area (Å²) in [5.41, 5.74) is 1.69. The van der Waals surface area contributed by atoms with E-state index in [0.717, 1.165) is 5.66 Å². The first-order chi connectivity index (χ1) is 7.08. The van der Waals surface area contributed by atoms with Gasteiger partial charge in [0.2, 0.25) is 0 Å². The Labute approximate surface area is 98.0 Å². The lowest BCUT2D eigenvalue weighted by molar-refractivity contribution is 0.300. The van der Waals surface area contributed by atoms with E-state index in [4.69, 9.17) is 0 Å². The van der Waals surface area contributed by atoms with Gasteiger partial charge < -0.3 is 0 Å². The van der Waals surface area contributed by atoms with Gasteiger partial charge in [0.25, 0.3) is 0 Å². The Kier molecular flexibility index (Phi) is 5.61. The van der Waals surface area contributed by atoms with E-state index in [9.17, 15) is 0 Å². The highest BCUT2D eigenvalue weighted by molar-refractivity contribution is 7.58. The fourth-order valence-corrected chi connectivity index (χ4v) is 6.01. The molecule has 2 unspecified atom stereocenters. The second kappa shape index (κ2) is 6.24. The van der Waals surface area contributed by atoms with E-state index in [1.807, 2.05) is 0 Å². The van der Waals surface area contributed by atoms with Crippen molar-refractivity contribution in [3.63, 3.8) is 0 Å². The SMILES string of the molecule is CCCCCCC(C)(C)C1CCCP1C. The Morgan fingerprint density at radius 3 is 2.47 bits per heavy atom. The molecule has 2 atom stereocenters. The van der Waals surface area contributed by atoms with Crippen LogP contribution >= 0.6 is 7.92 Å². The summed E-state index contributed by atoms with van der Waals surface area (Å²) in [6, 6.07) is 0. The van der Waals surface area contributed by atoms with Crippen LogP contribution < -0.4 is 0 Å². The second-order valence-electron chi connectivity index (χ2n) is 5.94. The second-order valence-corrected chi connectivity index (χ2v) is 8.52. The lowest BCUT2D eigenvalue weighted by atomic mass is 9.81. The molecular weight excluding hydrogens is 199 g/mol. The zero-order chi connectivity index (χ0) is 11.3. The van der Waals surface area contributed by atoms with Gasteiger partial charge in [-0.2, -0.15) is 0 Å². The third-order valence-corrected chi connectivity index (χ3v) is 7.14. The van der Waals surface area contributed by atoms with Crippen molar-refractivity contribution in [3.05, 3.63) is 0 Å². The fraction of sp³-hybridized carbons (Fsp3) is 1.00. The van der Waals surface area contributed by atoms with Gasteiger partial charge in [-0.1, -0.05) is 46.5 Å². The summed E-state index contributed by atoms with van der Waals surface area (Å²) in [4.78, 5) is 0. The van der Waals surface area contributed by atoms with Crippen LogP contribution in [0.15, 0.2) is 0 Å². The van der Waals surface area contributed by atoms with E-state index in [1.54, 1.807) is 6.16 Å². The average molecular weight is 228 g/mol. The summed E-state index contributed by atoms with van der Waals surface area (Å²) in [6.45, 7) is 9.87. The zero-order valence-electron chi connectivity index (χ0n) is 11.2. The Morgan fingerprint density at radius 1 is 1.20 bits per heavy atom. The fourth-order valence-electron chi connectivity index (χ4n) is 3.07. The minimum atomic E-state index is 0.359. The molecule has 0 aromatic heterocycles. The Morgan fingerprint density at radius 2 is 1.93 bits per heavy atom. The maximum Gasteiger partial charge on any atom is -0.0160 e. The van der Waals surface area contributed by atoms with Gasteiger partial charge in [-0.3, -0.25) is 0 Å². The summed E-state index contributed by atoms with van der Waals surface area (Å²) < 4.78 is 0. The highest BCUT2D eigenvalue weighted by atomic mass is 31.1. The number of rotatable bonds is 6. The van der Waals surface area contributed by atoms with Gasteiger partial charge in [0.15, 0.2) is 0 Å². The molecule has 0 aromatic carbocycles. The Balaban J connectivity index is 2.30.